The van der Waals surface area contributed by atoms with Gasteiger partial charge in [-0.3, -0.25) is 4.99 Å². The number of benzene rings is 1. The monoisotopic (exact) mass is 216 g/mol. The molecule has 1 aliphatic heterocycles. The molecule has 86 valence electrons. The number of amidine groups is 1. The summed E-state index contributed by atoms with van der Waals surface area (Å²) in [5.41, 5.74) is 2.82. The van der Waals surface area contributed by atoms with Crippen molar-refractivity contribution in [1.29, 1.82) is 0 Å². The van der Waals surface area contributed by atoms with Crippen molar-refractivity contribution < 1.29 is 0 Å². The highest BCUT2D eigenvalue weighted by Gasteiger charge is 2.05. The Bertz CT molecular complexity index is 363. The summed E-state index contributed by atoms with van der Waals surface area (Å²) in [5, 5.41) is 3.31. The molecular weight excluding hydrogens is 196 g/mol. The molecule has 1 N–H and O–H groups in total. The van der Waals surface area contributed by atoms with Gasteiger partial charge in [0.2, 0.25) is 0 Å². The van der Waals surface area contributed by atoms with Crippen LogP contribution in [0, 0.1) is 0 Å². The molecule has 0 aliphatic carbocycles. The van der Waals surface area contributed by atoms with E-state index in [4.69, 9.17) is 0 Å². The molecule has 2 heteroatoms. The third-order valence-corrected chi connectivity index (χ3v) is 3.04. The Kier molecular flexibility index (Phi) is 3.60. The van der Waals surface area contributed by atoms with E-state index >= 15 is 0 Å². The second-order valence-corrected chi connectivity index (χ2v) is 4.65. The highest BCUT2D eigenvalue weighted by Crippen LogP contribution is 2.15. The van der Waals surface area contributed by atoms with E-state index in [1.165, 1.54) is 17.0 Å². The molecule has 0 saturated carbocycles. The maximum atomic E-state index is 4.40. The summed E-state index contributed by atoms with van der Waals surface area (Å²) in [6.45, 7) is 6.42. The average Bonchev–Trinajstić information content (AvgIpc) is 2.80. The molecule has 1 heterocycles. The fraction of sp³-hybridized carbons (Fsp3) is 0.500. The van der Waals surface area contributed by atoms with Crippen molar-refractivity contribution in [2.75, 3.05) is 13.1 Å². The van der Waals surface area contributed by atoms with E-state index in [9.17, 15) is 0 Å². The fourth-order valence-electron chi connectivity index (χ4n) is 1.95. The molecule has 2 nitrogen and oxygen atoms in total. The summed E-state index contributed by atoms with van der Waals surface area (Å²) >= 11 is 0. The zero-order chi connectivity index (χ0) is 11.4. The molecule has 1 aromatic rings. The van der Waals surface area contributed by atoms with Gasteiger partial charge in [-0.1, -0.05) is 38.1 Å². The molecule has 0 radical (unpaired) electrons. The van der Waals surface area contributed by atoms with Crippen LogP contribution in [0.1, 0.15) is 37.3 Å². The van der Waals surface area contributed by atoms with Crippen LogP contribution in [0.3, 0.4) is 0 Å². The first-order chi connectivity index (χ1) is 7.75. The Hall–Kier alpha value is -1.31. The first kappa shape index (κ1) is 11.2. The van der Waals surface area contributed by atoms with Gasteiger partial charge < -0.3 is 5.32 Å². The quantitative estimate of drug-likeness (QED) is 0.822. The van der Waals surface area contributed by atoms with Crippen LogP contribution in [0.5, 0.6) is 0 Å². The van der Waals surface area contributed by atoms with E-state index < -0.39 is 0 Å². The number of aliphatic imine (C=N–C) groups is 1. The minimum atomic E-state index is 0.620. The Morgan fingerprint density at radius 1 is 1.19 bits per heavy atom. The summed E-state index contributed by atoms with van der Waals surface area (Å²) in [6, 6.07) is 8.96. The zero-order valence-electron chi connectivity index (χ0n) is 10.2. The molecule has 0 fully saturated rings. The van der Waals surface area contributed by atoms with Crippen molar-refractivity contribution in [2.24, 2.45) is 4.99 Å². The molecule has 0 bridgehead atoms. The topological polar surface area (TPSA) is 24.4 Å². The van der Waals surface area contributed by atoms with Crippen molar-refractivity contribution in [3.63, 3.8) is 0 Å². The molecule has 0 unspecified atom stereocenters. The van der Waals surface area contributed by atoms with Gasteiger partial charge in [0, 0.05) is 13.0 Å². The summed E-state index contributed by atoms with van der Waals surface area (Å²) in [4.78, 5) is 4.40. The van der Waals surface area contributed by atoms with Crippen LogP contribution in [0.25, 0.3) is 0 Å². The molecule has 1 aliphatic rings. The summed E-state index contributed by atoms with van der Waals surface area (Å²) < 4.78 is 0. The Labute approximate surface area is 97.8 Å². The van der Waals surface area contributed by atoms with Gasteiger partial charge in [0.1, 0.15) is 0 Å². The maximum Gasteiger partial charge on any atom is 0.0967 e. The molecule has 0 aromatic heterocycles. The van der Waals surface area contributed by atoms with Crippen LogP contribution in [0.2, 0.25) is 0 Å². The summed E-state index contributed by atoms with van der Waals surface area (Å²) in [7, 11) is 0. The lowest BCUT2D eigenvalue weighted by Gasteiger charge is -2.07. The van der Waals surface area contributed by atoms with Crippen LogP contribution < -0.4 is 5.32 Å². The smallest absolute Gasteiger partial charge is 0.0967 e. The molecule has 1 aromatic carbocycles. The standard InChI is InChI=1S/C14H20N2/c1-11(2)13-6-3-12(4-7-13)5-8-14-15-9-10-16-14/h3-4,6-7,11H,5,8-10H2,1-2H3,(H,15,16). The van der Waals surface area contributed by atoms with E-state index in [2.05, 4.69) is 48.4 Å². The lowest BCUT2D eigenvalue weighted by Crippen LogP contribution is -2.18. The largest absolute Gasteiger partial charge is 0.372 e. The van der Waals surface area contributed by atoms with E-state index in [-0.39, 0.29) is 0 Å². The number of rotatable bonds is 4. The molecule has 0 spiro atoms. The molecule has 2 rings (SSSR count). The van der Waals surface area contributed by atoms with Gasteiger partial charge in [-0.15, -0.1) is 0 Å². The molecule has 0 atom stereocenters. The van der Waals surface area contributed by atoms with Crippen LogP contribution in [-0.4, -0.2) is 18.9 Å². The van der Waals surface area contributed by atoms with Crippen molar-refractivity contribution in [1.82, 2.24) is 5.32 Å². The highest BCUT2D eigenvalue weighted by molar-refractivity contribution is 5.83. The Balaban J connectivity index is 1.89. The lowest BCUT2D eigenvalue weighted by atomic mass is 10.0. The average molecular weight is 216 g/mol. The highest BCUT2D eigenvalue weighted by atomic mass is 15.1. The Morgan fingerprint density at radius 3 is 2.50 bits per heavy atom. The van der Waals surface area contributed by atoms with Crippen molar-refractivity contribution in [3.05, 3.63) is 35.4 Å². The molecule has 0 amide bonds. The van der Waals surface area contributed by atoms with Crippen LogP contribution in [0.15, 0.2) is 29.3 Å². The molecule has 0 saturated heterocycles. The van der Waals surface area contributed by atoms with Gasteiger partial charge in [-0.05, 0) is 23.5 Å². The number of hydrogen-bond acceptors (Lipinski definition) is 2. The zero-order valence-corrected chi connectivity index (χ0v) is 10.2. The third-order valence-electron chi connectivity index (χ3n) is 3.04. The van der Waals surface area contributed by atoms with Crippen LogP contribution in [-0.2, 0) is 6.42 Å². The van der Waals surface area contributed by atoms with Gasteiger partial charge in [0.05, 0.1) is 12.4 Å². The van der Waals surface area contributed by atoms with Crippen molar-refractivity contribution in [3.8, 4) is 0 Å². The van der Waals surface area contributed by atoms with Crippen LogP contribution >= 0.6 is 0 Å². The predicted molar refractivity (Wildman–Crippen MR) is 69.2 cm³/mol. The SMILES string of the molecule is CC(C)c1ccc(CCC2=NCCN2)cc1. The predicted octanol–water partition coefficient (Wildman–Crippen LogP) is 2.74. The first-order valence-corrected chi connectivity index (χ1v) is 6.12. The van der Waals surface area contributed by atoms with Crippen molar-refractivity contribution >= 4 is 5.84 Å². The molecule has 16 heavy (non-hydrogen) atoms. The minimum absolute atomic E-state index is 0.620. The van der Waals surface area contributed by atoms with E-state index in [1.54, 1.807) is 0 Å². The van der Waals surface area contributed by atoms with Gasteiger partial charge in [-0.2, -0.15) is 0 Å². The normalized spacial score (nSPS) is 15.1. The number of nitrogens with one attached hydrogen (secondary N) is 1. The van der Waals surface area contributed by atoms with Gasteiger partial charge in [-0.25, -0.2) is 0 Å². The second-order valence-electron chi connectivity index (χ2n) is 4.65. The van der Waals surface area contributed by atoms with Gasteiger partial charge in [0.25, 0.3) is 0 Å². The molecular formula is C14H20N2. The maximum absolute atomic E-state index is 4.40. The van der Waals surface area contributed by atoms with Crippen molar-refractivity contribution in [2.45, 2.75) is 32.6 Å². The van der Waals surface area contributed by atoms with Gasteiger partial charge >= 0.3 is 0 Å². The first-order valence-electron chi connectivity index (χ1n) is 6.12. The minimum Gasteiger partial charge on any atom is -0.372 e. The van der Waals surface area contributed by atoms with E-state index in [1.807, 2.05) is 0 Å². The van der Waals surface area contributed by atoms with E-state index in [0.717, 1.165) is 25.9 Å². The van der Waals surface area contributed by atoms with E-state index in [0.29, 0.717) is 5.92 Å². The van der Waals surface area contributed by atoms with Crippen LogP contribution in [0.4, 0.5) is 0 Å². The number of hydrogen-bond donors (Lipinski definition) is 1. The number of nitrogens with zero attached hydrogens (tertiary/aromatic N) is 1. The summed E-state index contributed by atoms with van der Waals surface area (Å²) in [6.07, 6.45) is 2.13. The second kappa shape index (κ2) is 5.15. The third kappa shape index (κ3) is 2.84. The fourth-order valence-corrected chi connectivity index (χ4v) is 1.95. The Morgan fingerprint density at radius 2 is 1.94 bits per heavy atom. The summed E-state index contributed by atoms with van der Waals surface area (Å²) in [5.74, 6) is 1.79. The van der Waals surface area contributed by atoms with Gasteiger partial charge in [0.15, 0.2) is 0 Å². The number of aryl methyl sites for hydroxylation is 1. The lowest BCUT2D eigenvalue weighted by molar-refractivity contribution is 0.863.